The molecule has 0 amide bonds. The molecule has 7 nitrogen and oxygen atoms in total. The van der Waals surface area contributed by atoms with Gasteiger partial charge in [-0.05, 0) is 61.9 Å². The first-order valence-corrected chi connectivity index (χ1v) is 9.81. The SMILES string of the molecule is COc1ccc(OCc2ccn(-c3ccc(OCC(C)(C)O)c(OC)c3)c(=O)c2)cc1. The van der Waals surface area contributed by atoms with E-state index in [9.17, 15) is 9.90 Å². The second kappa shape index (κ2) is 9.57. The molecular formula is C24H27NO6. The van der Waals surface area contributed by atoms with E-state index in [4.69, 9.17) is 18.9 Å². The van der Waals surface area contributed by atoms with E-state index >= 15 is 0 Å². The molecule has 2 aromatic carbocycles. The molecule has 0 spiro atoms. The van der Waals surface area contributed by atoms with Crippen LogP contribution in [0.3, 0.4) is 0 Å². The number of aromatic nitrogens is 1. The van der Waals surface area contributed by atoms with E-state index in [0.29, 0.717) is 22.9 Å². The molecule has 0 aliphatic rings. The molecule has 7 heteroatoms. The fraction of sp³-hybridized carbons (Fsp3) is 0.292. The molecule has 3 rings (SSSR count). The summed E-state index contributed by atoms with van der Waals surface area (Å²) in [6, 6.07) is 15.8. The minimum Gasteiger partial charge on any atom is -0.497 e. The molecule has 0 atom stereocenters. The predicted octanol–water partition coefficient (Wildman–Crippen LogP) is 3.58. The van der Waals surface area contributed by atoms with Crippen molar-refractivity contribution in [1.29, 1.82) is 0 Å². The molecule has 0 unspecified atom stereocenters. The van der Waals surface area contributed by atoms with Crippen LogP contribution >= 0.6 is 0 Å². The van der Waals surface area contributed by atoms with Crippen molar-refractivity contribution in [1.82, 2.24) is 4.57 Å². The number of methoxy groups -OCH3 is 2. The maximum absolute atomic E-state index is 12.7. The number of aliphatic hydroxyl groups is 1. The number of rotatable bonds is 9. The van der Waals surface area contributed by atoms with Crippen molar-refractivity contribution in [3.63, 3.8) is 0 Å². The van der Waals surface area contributed by atoms with Gasteiger partial charge >= 0.3 is 0 Å². The van der Waals surface area contributed by atoms with E-state index in [1.807, 2.05) is 30.3 Å². The molecule has 3 aromatic rings. The van der Waals surface area contributed by atoms with E-state index in [-0.39, 0.29) is 18.8 Å². The van der Waals surface area contributed by atoms with Crippen LogP contribution in [0, 0.1) is 0 Å². The maximum atomic E-state index is 12.7. The van der Waals surface area contributed by atoms with Crippen molar-refractivity contribution in [2.45, 2.75) is 26.1 Å². The van der Waals surface area contributed by atoms with Crippen LogP contribution in [0.15, 0.2) is 65.6 Å². The molecular weight excluding hydrogens is 398 g/mol. The molecule has 1 aromatic heterocycles. The Morgan fingerprint density at radius 3 is 2.19 bits per heavy atom. The van der Waals surface area contributed by atoms with Crippen LogP contribution in [0.2, 0.25) is 0 Å². The lowest BCUT2D eigenvalue weighted by Crippen LogP contribution is -2.28. The molecule has 0 radical (unpaired) electrons. The monoisotopic (exact) mass is 425 g/mol. The van der Waals surface area contributed by atoms with Gasteiger partial charge in [-0.25, -0.2) is 0 Å². The van der Waals surface area contributed by atoms with E-state index in [1.165, 1.54) is 17.7 Å². The molecule has 164 valence electrons. The molecule has 0 saturated carbocycles. The Hall–Kier alpha value is -3.45. The third kappa shape index (κ3) is 6.02. The second-order valence-corrected chi connectivity index (χ2v) is 7.64. The Kier molecular flexibility index (Phi) is 6.87. The molecule has 0 fully saturated rings. The van der Waals surface area contributed by atoms with Gasteiger partial charge in [0.2, 0.25) is 0 Å². The van der Waals surface area contributed by atoms with Gasteiger partial charge in [0.1, 0.15) is 24.7 Å². The maximum Gasteiger partial charge on any atom is 0.255 e. The Balaban J connectivity index is 1.73. The summed E-state index contributed by atoms with van der Waals surface area (Å²) in [7, 11) is 3.13. The van der Waals surface area contributed by atoms with Crippen molar-refractivity contribution in [2.75, 3.05) is 20.8 Å². The summed E-state index contributed by atoms with van der Waals surface area (Å²) >= 11 is 0. The number of nitrogens with zero attached hydrogens (tertiary/aromatic N) is 1. The molecule has 1 N–H and O–H groups in total. The summed E-state index contributed by atoms with van der Waals surface area (Å²) in [5.74, 6) is 2.41. The first kappa shape index (κ1) is 22.2. The Bertz CT molecular complexity index is 1070. The van der Waals surface area contributed by atoms with Gasteiger partial charge in [-0.15, -0.1) is 0 Å². The lowest BCUT2D eigenvalue weighted by atomic mass is 10.2. The topological polar surface area (TPSA) is 79.2 Å². The van der Waals surface area contributed by atoms with Gasteiger partial charge < -0.3 is 24.1 Å². The normalized spacial score (nSPS) is 11.1. The van der Waals surface area contributed by atoms with Crippen molar-refractivity contribution >= 4 is 0 Å². The largest absolute Gasteiger partial charge is 0.497 e. The number of benzene rings is 2. The van der Waals surface area contributed by atoms with Crippen molar-refractivity contribution < 1.29 is 24.1 Å². The molecule has 0 aliphatic carbocycles. The van der Waals surface area contributed by atoms with Crippen LogP contribution in [0.4, 0.5) is 0 Å². The highest BCUT2D eigenvalue weighted by molar-refractivity contribution is 5.49. The van der Waals surface area contributed by atoms with Crippen LogP contribution in [0.1, 0.15) is 19.4 Å². The predicted molar refractivity (Wildman–Crippen MR) is 118 cm³/mol. The van der Waals surface area contributed by atoms with Crippen LogP contribution in [-0.2, 0) is 6.61 Å². The molecule has 0 bridgehead atoms. The fourth-order valence-electron chi connectivity index (χ4n) is 2.84. The van der Waals surface area contributed by atoms with Gasteiger partial charge in [-0.1, -0.05) is 0 Å². The average Bonchev–Trinajstić information content (AvgIpc) is 2.76. The van der Waals surface area contributed by atoms with Crippen LogP contribution in [0.5, 0.6) is 23.0 Å². The molecule has 0 saturated heterocycles. The van der Waals surface area contributed by atoms with E-state index < -0.39 is 5.60 Å². The summed E-state index contributed by atoms with van der Waals surface area (Å²) < 4.78 is 23.4. The summed E-state index contributed by atoms with van der Waals surface area (Å²) in [6.07, 6.45) is 1.70. The van der Waals surface area contributed by atoms with E-state index in [0.717, 1.165) is 11.3 Å². The first-order chi connectivity index (χ1) is 14.8. The zero-order valence-electron chi connectivity index (χ0n) is 18.1. The third-order valence-corrected chi connectivity index (χ3v) is 4.46. The van der Waals surface area contributed by atoms with E-state index in [1.54, 1.807) is 45.4 Å². The Labute approximate surface area is 181 Å². The quantitative estimate of drug-likeness (QED) is 0.565. The zero-order valence-corrected chi connectivity index (χ0v) is 18.1. The molecule has 1 heterocycles. The summed E-state index contributed by atoms with van der Waals surface area (Å²) in [4.78, 5) is 12.7. The standard InChI is InChI=1S/C24H27NO6/c1-24(2,27)16-31-21-10-5-18(14-22(21)29-4)25-12-11-17(13-23(25)26)15-30-20-8-6-19(28-3)7-9-20/h5-14,27H,15-16H2,1-4H3. The van der Waals surface area contributed by atoms with Gasteiger partial charge in [0.25, 0.3) is 5.56 Å². The average molecular weight is 425 g/mol. The van der Waals surface area contributed by atoms with Crippen LogP contribution in [-0.4, -0.2) is 36.1 Å². The van der Waals surface area contributed by atoms with Gasteiger partial charge in [0.05, 0.1) is 25.5 Å². The minimum absolute atomic E-state index is 0.117. The third-order valence-electron chi connectivity index (χ3n) is 4.46. The van der Waals surface area contributed by atoms with Crippen molar-refractivity contribution in [3.8, 4) is 28.7 Å². The summed E-state index contributed by atoms with van der Waals surface area (Å²) in [5.41, 5.74) is 0.238. The van der Waals surface area contributed by atoms with E-state index in [2.05, 4.69) is 0 Å². The van der Waals surface area contributed by atoms with Gasteiger partial charge in [-0.2, -0.15) is 0 Å². The number of ether oxygens (including phenoxy) is 4. The zero-order chi connectivity index (χ0) is 22.4. The lowest BCUT2D eigenvalue weighted by molar-refractivity contribution is 0.0276. The van der Waals surface area contributed by atoms with Crippen molar-refractivity contribution in [2.24, 2.45) is 0 Å². The minimum atomic E-state index is -0.968. The number of pyridine rings is 1. The lowest BCUT2D eigenvalue weighted by Gasteiger charge is -2.19. The second-order valence-electron chi connectivity index (χ2n) is 7.64. The fourth-order valence-corrected chi connectivity index (χ4v) is 2.84. The highest BCUT2D eigenvalue weighted by Crippen LogP contribution is 2.30. The van der Waals surface area contributed by atoms with Crippen LogP contribution in [0.25, 0.3) is 5.69 Å². The smallest absolute Gasteiger partial charge is 0.255 e. The van der Waals surface area contributed by atoms with Gasteiger partial charge in [-0.3, -0.25) is 9.36 Å². The van der Waals surface area contributed by atoms with Gasteiger partial charge in [0, 0.05) is 18.3 Å². The molecule has 0 aliphatic heterocycles. The number of hydrogen-bond acceptors (Lipinski definition) is 6. The van der Waals surface area contributed by atoms with Gasteiger partial charge in [0.15, 0.2) is 11.5 Å². The van der Waals surface area contributed by atoms with Crippen molar-refractivity contribution in [3.05, 3.63) is 76.7 Å². The highest BCUT2D eigenvalue weighted by atomic mass is 16.5. The Morgan fingerprint density at radius 1 is 0.871 bits per heavy atom. The first-order valence-electron chi connectivity index (χ1n) is 9.81. The highest BCUT2D eigenvalue weighted by Gasteiger charge is 2.16. The molecule has 31 heavy (non-hydrogen) atoms. The summed E-state index contributed by atoms with van der Waals surface area (Å²) in [5, 5.41) is 9.85. The number of hydrogen-bond donors (Lipinski definition) is 1. The van der Waals surface area contributed by atoms with Crippen LogP contribution < -0.4 is 24.5 Å². The Morgan fingerprint density at radius 2 is 1.58 bits per heavy atom. The summed E-state index contributed by atoms with van der Waals surface area (Å²) in [6.45, 7) is 3.71.